The van der Waals surface area contributed by atoms with Gasteiger partial charge in [-0.25, -0.2) is 0 Å². The Morgan fingerprint density at radius 1 is 1.55 bits per heavy atom. The minimum atomic E-state index is -1.02. The van der Waals surface area contributed by atoms with Crippen molar-refractivity contribution >= 4 is 11.9 Å². The summed E-state index contributed by atoms with van der Waals surface area (Å²) in [7, 11) is 1.44. The van der Waals surface area contributed by atoms with Crippen LogP contribution in [-0.2, 0) is 9.53 Å². The van der Waals surface area contributed by atoms with E-state index < -0.39 is 17.4 Å². The Morgan fingerprint density at radius 2 is 2.20 bits per heavy atom. The summed E-state index contributed by atoms with van der Waals surface area (Å²) < 4.78 is 9.93. The van der Waals surface area contributed by atoms with Crippen LogP contribution >= 0.6 is 0 Å². The molecule has 112 valence electrons. The molecule has 1 amide bonds. The Bertz CT molecular complexity index is 483. The third kappa shape index (κ3) is 4.34. The molecule has 0 fully saturated rings. The normalized spacial score (nSPS) is 14.1. The summed E-state index contributed by atoms with van der Waals surface area (Å²) >= 11 is 0. The zero-order valence-corrected chi connectivity index (χ0v) is 12.1. The summed E-state index contributed by atoms with van der Waals surface area (Å²) in [6, 6.07) is 1.55. The first-order valence-electron chi connectivity index (χ1n) is 6.27. The number of carboxylic acid groups (broad SMARTS) is 1. The zero-order valence-electron chi connectivity index (χ0n) is 12.1. The van der Waals surface area contributed by atoms with Crippen LogP contribution < -0.4 is 5.32 Å². The summed E-state index contributed by atoms with van der Waals surface area (Å²) in [5.41, 5.74) is -0.343. The molecule has 20 heavy (non-hydrogen) atoms. The molecule has 2 N–H and O–H groups in total. The smallest absolute Gasteiger partial charge is 0.305 e. The van der Waals surface area contributed by atoms with Crippen LogP contribution in [0.2, 0.25) is 0 Å². The molecule has 7 heteroatoms. The molecule has 1 atom stereocenters. The highest BCUT2D eigenvalue weighted by Gasteiger charge is 2.31. The van der Waals surface area contributed by atoms with Gasteiger partial charge in [-0.05, 0) is 12.8 Å². The summed E-state index contributed by atoms with van der Waals surface area (Å²) in [6.07, 6.45) is -0.252. The average Bonchev–Trinajstić information content (AvgIpc) is 2.76. The molecule has 0 aliphatic carbocycles. The lowest BCUT2D eigenvalue weighted by Crippen LogP contribution is -2.50. The van der Waals surface area contributed by atoms with Crippen molar-refractivity contribution in [3.8, 4) is 0 Å². The van der Waals surface area contributed by atoms with E-state index in [1.807, 2.05) is 13.8 Å². The van der Waals surface area contributed by atoms with Gasteiger partial charge in [0.2, 0.25) is 5.76 Å². The maximum Gasteiger partial charge on any atom is 0.305 e. The first-order chi connectivity index (χ1) is 9.27. The van der Waals surface area contributed by atoms with Crippen molar-refractivity contribution in [2.45, 2.75) is 38.6 Å². The second-order valence-corrected chi connectivity index (χ2v) is 5.29. The van der Waals surface area contributed by atoms with E-state index in [4.69, 9.17) is 14.4 Å². The van der Waals surface area contributed by atoms with Gasteiger partial charge in [-0.1, -0.05) is 19.0 Å². The van der Waals surface area contributed by atoms with Crippen molar-refractivity contribution in [1.82, 2.24) is 10.5 Å². The fourth-order valence-corrected chi connectivity index (χ4v) is 1.79. The molecule has 7 nitrogen and oxygen atoms in total. The summed E-state index contributed by atoms with van der Waals surface area (Å²) in [6.45, 7) is 5.54. The van der Waals surface area contributed by atoms with Crippen LogP contribution in [0.4, 0.5) is 0 Å². The molecule has 1 aromatic rings. The second kappa shape index (κ2) is 6.51. The number of nitrogens with one attached hydrogen (secondary N) is 1. The van der Waals surface area contributed by atoms with Gasteiger partial charge in [0.25, 0.3) is 5.91 Å². The summed E-state index contributed by atoms with van der Waals surface area (Å²) in [4.78, 5) is 22.9. The van der Waals surface area contributed by atoms with Crippen molar-refractivity contribution in [3.63, 3.8) is 0 Å². The number of carbonyl (C=O) groups excluding carboxylic acids is 1. The Kier molecular flexibility index (Phi) is 5.26. The largest absolute Gasteiger partial charge is 0.481 e. The minimum Gasteiger partial charge on any atom is -0.481 e. The number of aliphatic carboxylic acids is 1. The number of hydrogen-bond donors (Lipinski definition) is 2. The molecule has 1 unspecified atom stereocenters. The van der Waals surface area contributed by atoms with Gasteiger partial charge in [0.05, 0.1) is 24.3 Å². The maximum atomic E-state index is 12.1. The predicted octanol–water partition coefficient (Wildman–Crippen LogP) is 1.41. The molecule has 0 radical (unpaired) electrons. The van der Waals surface area contributed by atoms with E-state index in [1.165, 1.54) is 7.11 Å². The number of methoxy groups -OCH3 is 1. The number of carboxylic acids is 1. The number of ether oxygens (including phenoxy) is 1. The molecule has 0 saturated carbocycles. The topological polar surface area (TPSA) is 102 Å². The van der Waals surface area contributed by atoms with Gasteiger partial charge in [0.15, 0.2) is 0 Å². The average molecular weight is 284 g/mol. The molecular formula is C13H20N2O5. The molecule has 0 bridgehead atoms. The SMILES string of the molecule is COCC(C)(CC(=O)O)NC(=O)c1cc(C(C)C)no1. The maximum absolute atomic E-state index is 12.1. The van der Waals surface area contributed by atoms with Crippen LogP contribution in [-0.4, -0.2) is 41.4 Å². The fraction of sp³-hybridized carbons (Fsp3) is 0.615. The molecule has 0 spiro atoms. The molecular weight excluding hydrogens is 264 g/mol. The van der Waals surface area contributed by atoms with Crippen molar-refractivity contribution < 1.29 is 24.0 Å². The Balaban J connectivity index is 2.81. The van der Waals surface area contributed by atoms with Crippen LogP contribution in [0.15, 0.2) is 10.6 Å². The first-order valence-corrected chi connectivity index (χ1v) is 6.27. The van der Waals surface area contributed by atoms with Gasteiger partial charge in [-0.2, -0.15) is 0 Å². The van der Waals surface area contributed by atoms with Crippen molar-refractivity contribution in [2.24, 2.45) is 0 Å². The standard InChI is InChI=1S/C13H20N2O5/c1-8(2)9-5-10(20-15-9)12(18)14-13(3,7-19-4)6-11(16)17/h5,8H,6-7H2,1-4H3,(H,14,18)(H,16,17). The number of aromatic nitrogens is 1. The van der Waals surface area contributed by atoms with Gasteiger partial charge in [-0.15, -0.1) is 0 Å². The molecule has 1 rings (SSSR count). The first kappa shape index (κ1) is 16.2. The lowest BCUT2D eigenvalue weighted by molar-refractivity contribution is -0.139. The van der Waals surface area contributed by atoms with Crippen molar-refractivity contribution in [3.05, 3.63) is 17.5 Å². The van der Waals surface area contributed by atoms with E-state index >= 15 is 0 Å². The van der Waals surface area contributed by atoms with E-state index in [9.17, 15) is 9.59 Å². The van der Waals surface area contributed by atoms with Crippen molar-refractivity contribution in [2.75, 3.05) is 13.7 Å². The molecule has 0 saturated heterocycles. The van der Waals surface area contributed by atoms with E-state index in [-0.39, 0.29) is 24.7 Å². The molecule has 1 heterocycles. The van der Waals surface area contributed by atoms with Crippen LogP contribution in [0.1, 0.15) is 49.4 Å². The molecule has 0 aromatic carbocycles. The molecule has 1 aromatic heterocycles. The van der Waals surface area contributed by atoms with E-state index in [0.29, 0.717) is 5.69 Å². The fourth-order valence-electron chi connectivity index (χ4n) is 1.79. The number of carbonyl (C=O) groups is 2. The van der Waals surface area contributed by atoms with Gasteiger partial charge in [-0.3, -0.25) is 9.59 Å². The van der Waals surface area contributed by atoms with E-state index in [2.05, 4.69) is 10.5 Å². The minimum absolute atomic E-state index is 0.0569. The second-order valence-electron chi connectivity index (χ2n) is 5.29. The van der Waals surface area contributed by atoms with Crippen molar-refractivity contribution in [1.29, 1.82) is 0 Å². The van der Waals surface area contributed by atoms with Gasteiger partial charge in [0.1, 0.15) is 0 Å². The highest BCUT2D eigenvalue weighted by atomic mass is 16.5. The Morgan fingerprint density at radius 3 is 2.65 bits per heavy atom. The van der Waals surface area contributed by atoms with Gasteiger partial charge >= 0.3 is 5.97 Å². The molecule has 0 aliphatic heterocycles. The Labute approximate surface area is 117 Å². The van der Waals surface area contributed by atoms with Crippen LogP contribution in [0.25, 0.3) is 0 Å². The molecule has 0 aliphatic rings. The monoisotopic (exact) mass is 284 g/mol. The van der Waals surface area contributed by atoms with Crippen LogP contribution in [0.5, 0.6) is 0 Å². The number of hydrogen-bond acceptors (Lipinski definition) is 5. The van der Waals surface area contributed by atoms with E-state index in [1.54, 1.807) is 13.0 Å². The third-order valence-corrected chi connectivity index (χ3v) is 2.76. The summed E-state index contributed by atoms with van der Waals surface area (Å²) in [5.74, 6) is -1.33. The highest BCUT2D eigenvalue weighted by molar-refractivity contribution is 5.92. The number of amides is 1. The Hall–Kier alpha value is -1.89. The number of nitrogens with zero attached hydrogens (tertiary/aromatic N) is 1. The third-order valence-electron chi connectivity index (χ3n) is 2.76. The van der Waals surface area contributed by atoms with E-state index in [0.717, 1.165) is 0 Å². The highest BCUT2D eigenvalue weighted by Crippen LogP contribution is 2.16. The zero-order chi connectivity index (χ0) is 15.3. The lowest BCUT2D eigenvalue weighted by atomic mass is 9.98. The van der Waals surface area contributed by atoms with Gasteiger partial charge in [0, 0.05) is 13.2 Å². The van der Waals surface area contributed by atoms with Crippen LogP contribution in [0.3, 0.4) is 0 Å². The quantitative estimate of drug-likeness (QED) is 0.785. The lowest BCUT2D eigenvalue weighted by Gasteiger charge is -2.27. The van der Waals surface area contributed by atoms with Crippen LogP contribution in [0, 0.1) is 0 Å². The van der Waals surface area contributed by atoms with Gasteiger partial charge < -0.3 is 19.7 Å². The summed E-state index contributed by atoms with van der Waals surface area (Å²) in [5, 5.41) is 15.3. The predicted molar refractivity (Wildman–Crippen MR) is 70.6 cm³/mol. The number of rotatable bonds is 7.